The molecule has 1 aromatic heterocycles. The summed E-state index contributed by atoms with van der Waals surface area (Å²) in [5.41, 5.74) is 1.12. The number of carboxylic acids is 1. The minimum absolute atomic E-state index is 0.255. The Morgan fingerprint density at radius 3 is 2.79 bits per heavy atom. The summed E-state index contributed by atoms with van der Waals surface area (Å²) in [7, 11) is 0. The van der Waals surface area contributed by atoms with Gasteiger partial charge >= 0.3 is 5.97 Å². The number of hydrogen-bond acceptors (Lipinski definition) is 3. The number of nitrogens with one attached hydrogen (secondary N) is 1. The average molecular weight is 213 g/mol. The topological polar surface area (TPSA) is 66.4 Å². The summed E-state index contributed by atoms with van der Waals surface area (Å²) in [5.74, 6) is -1.28. The van der Waals surface area contributed by atoms with Gasteiger partial charge < -0.3 is 10.4 Å². The van der Waals surface area contributed by atoms with E-state index < -0.39 is 5.97 Å². The van der Waals surface area contributed by atoms with Crippen LogP contribution in [0.15, 0.2) is 11.4 Å². The van der Waals surface area contributed by atoms with Gasteiger partial charge in [-0.15, -0.1) is 11.3 Å². The van der Waals surface area contributed by atoms with E-state index in [2.05, 4.69) is 5.32 Å². The number of carbonyl (C=O) groups is 2. The molecule has 0 unspecified atom stereocenters. The molecule has 0 saturated carbocycles. The molecule has 0 aromatic carbocycles. The lowest BCUT2D eigenvalue weighted by Gasteiger charge is -1.99. The van der Waals surface area contributed by atoms with Crippen LogP contribution in [0.1, 0.15) is 10.4 Å². The van der Waals surface area contributed by atoms with Crippen molar-refractivity contribution in [3.05, 3.63) is 21.9 Å². The van der Waals surface area contributed by atoms with E-state index in [0.29, 0.717) is 0 Å². The fraction of sp³-hybridized carbons (Fsp3) is 0.333. The highest BCUT2D eigenvalue weighted by molar-refractivity contribution is 7.10. The fourth-order valence-corrected chi connectivity index (χ4v) is 1.85. The lowest BCUT2D eigenvalue weighted by molar-refractivity contribution is -0.137. The zero-order valence-electron chi connectivity index (χ0n) is 7.74. The first kappa shape index (κ1) is 10.7. The number of thiophene rings is 1. The van der Waals surface area contributed by atoms with Gasteiger partial charge in [0.2, 0.25) is 5.91 Å². The molecular formula is C9H11NO3S. The third-order valence-corrected chi connectivity index (χ3v) is 2.61. The van der Waals surface area contributed by atoms with Gasteiger partial charge in [-0.2, -0.15) is 0 Å². The number of aryl methyl sites for hydroxylation is 1. The van der Waals surface area contributed by atoms with Crippen LogP contribution in [0.25, 0.3) is 0 Å². The van der Waals surface area contributed by atoms with E-state index in [1.165, 1.54) is 11.3 Å². The molecule has 4 nitrogen and oxygen atoms in total. The summed E-state index contributed by atoms with van der Waals surface area (Å²) in [6.07, 6.45) is 0.256. The zero-order chi connectivity index (χ0) is 10.6. The molecule has 14 heavy (non-hydrogen) atoms. The quantitative estimate of drug-likeness (QED) is 0.777. The Hall–Kier alpha value is -1.36. The maximum absolute atomic E-state index is 11.2. The smallest absolute Gasteiger partial charge is 0.322 e. The summed E-state index contributed by atoms with van der Waals surface area (Å²) in [6.45, 7) is 1.64. The van der Waals surface area contributed by atoms with Crippen molar-refractivity contribution in [2.45, 2.75) is 13.3 Å². The van der Waals surface area contributed by atoms with Crippen molar-refractivity contribution in [3.8, 4) is 0 Å². The summed E-state index contributed by atoms with van der Waals surface area (Å²) >= 11 is 1.50. The molecular weight excluding hydrogens is 202 g/mol. The lowest BCUT2D eigenvalue weighted by Crippen LogP contribution is -2.30. The second-order valence-corrected chi connectivity index (χ2v) is 3.93. The number of hydrogen-bond donors (Lipinski definition) is 2. The second-order valence-electron chi connectivity index (χ2n) is 2.94. The first-order chi connectivity index (χ1) is 6.58. The SMILES string of the molecule is Cc1csc(CC(=O)NCC(=O)O)c1. The first-order valence-electron chi connectivity index (χ1n) is 4.10. The van der Waals surface area contributed by atoms with Crippen LogP contribution in [0.2, 0.25) is 0 Å². The molecule has 0 saturated heterocycles. The predicted octanol–water partition coefficient (Wildman–Crippen LogP) is 0.800. The van der Waals surface area contributed by atoms with Crippen molar-refractivity contribution in [1.29, 1.82) is 0 Å². The molecule has 0 aliphatic rings. The Labute approximate surface area is 85.6 Å². The van der Waals surface area contributed by atoms with Gasteiger partial charge in [-0.25, -0.2) is 0 Å². The van der Waals surface area contributed by atoms with Gasteiger partial charge in [0.05, 0.1) is 6.42 Å². The lowest BCUT2D eigenvalue weighted by atomic mass is 10.3. The van der Waals surface area contributed by atoms with Crippen LogP contribution >= 0.6 is 11.3 Å². The van der Waals surface area contributed by atoms with Gasteiger partial charge in [0.25, 0.3) is 0 Å². The molecule has 0 aliphatic carbocycles. The monoisotopic (exact) mass is 213 g/mol. The van der Waals surface area contributed by atoms with Crippen molar-refractivity contribution in [2.75, 3.05) is 6.54 Å². The van der Waals surface area contributed by atoms with Crippen molar-refractivity contribution >= 4 is 23.2 Å². The van der Waals surface area contributed by atoms with Crippen LogP contribution in [-0.4, -0.2) is 23.5 Å². The number of aliphatic carboxylic acids is 1. The molecule has 0 spiro atoms. The van der Waals surface area contributed by atoms with E-state index >= 15 is 0 Å². The van der Waals surface area contributed by atoms with E-state index in [-0.39, 0.29) is 18.9 Å². The average Bonchev–Trinajstić information content (AvgIpc) is 2.48. The normalized spacial score (nSPS) is 9.79. The minimum atomic E-state index is -1.03. The van der Waals surface area contributed by atoms with Gasteiger partial charge in [-0.3, -0.25) is 9.59 Å². The Bertz CT molecular complexity index is 346. The Morgan fingerprint density at radius 2 is 2.29 bits per heavy atom. The highest BCUT2D eigenvalue weighted by atomic mass is 32.1. The van der Waals surface area contributed by atoms with Crippen molar-refractivity contribution in [1.82, 2.24) is 5.32 Å². The summed E-state index contributed by atoms with van der Waals surface area (Å²) < 4.78 is 0. The Kier molecular flexibility index (Phi) is 3.64. The number of rotatable bonds is 4. The maximum atomic E-state index is 11.2. The van der Waals surface area contributed by atoms with Crippen molar-refractivity contribution < 1.29 is 14.7 Å². The third kappa shape index (κ3) is 3.57. The number of carbonyl (C=O) groups excluding carboxylic acids is 1. The van der Waals surface area contributed by atoms with Crippen LogP contribution < -0.4 is 5.32 Å². The molecule has 1 rings (SSSR count). The van der Waals surface area contributed by atoms with Gasteiger partial charge in [-0.1, -0.05) is 0 Å². The molecule has 0 fully saturated rings. The molecule has 5 heteroatoms. The second kappa shape index (κ2) is 4.76. The molecule has 0 atom stereocenters. The van der Waals surface area contributed by atoms with E-state index in [4.69, 9.17) is 5.11 Å². The highest BCUT2D eigenvalue weighted by Crippen LogP contribution is 2.13. The number of amides is 1. The summed E-state index contributed by atoms with van der Waals surface area (Å²) in [6, 6.07) is 1.92. The van der Waals surface area contributed by atoms with Crippen LogP contribution in [-0.2, 0) is 16.0 Å². The van der Waals surface area contributed by atoms with Gasteiger partial charge in [0, 0.05) is 4.88 Å². The predicted molar refractivity (Wildman–Crippen MR) is 53.4 cm³/mol. The first-order valence-corrected chi connectivity index (χ1v) is 4.98. The Balaban J connectivity index is 2.37. The molecule has 2 N–H and O–H groups in total. The maximum Gasteiger partial charge on any atom is 0.322 e. The molecule has 0 bridgehead atoms. The standard InChI is InChI=1S/C9H11NO3S/c1-6-2-7(14-5-6)3-8(11)10-4-9(12)13/h2,5H,3-4H2,1H3,(H,10,11)(H,12,13). The molecule has 0 radical (unpaired) electrons. The summed E-state index contributed by atoms with van der Waals surface area (Å²) in [5, 5.41) is 12.6. The van der Waals surface area contributed by atoms with Gasteiger partial charge in [0.15, 0.2) is 0 Å². The van der Waals surface area contributed by atoms with Crippen LogP contribution in [0.4, 0.5) is 0 Å². The van der Waals surface area contributed by atoms with E-state index in [0.717, 1.165) is 10.4 Å². The van der Waals surface area contributed by atoms with E-state index in [9.17, 15) is 9.59 Å². The summed E-state index contributed by atoms with van der Waals surface area (Å²) in [4.78, 5) is 22.3. The zero-order valence-corrected chi connectivity index (χ0v) is 8.56. The molecule has 1 aromatic rings. The Morgan fingerprint density at radius 1 is 1.57 bits per heavy atom. The van der Waals surface area contributed by atoms with Crippen molar-refractivity contribution in [2.24, 2.45) is 0 Å². The fourth-order valence-electron chi connectivity index (χ4n) is 0.978. The molecule has 1 amide bonds. The largest absolute Gasteiger partial charge is 0.480 e. The van der Waals surface area contributed by atoms with Gasteiger partial charge in [0.1, 0.15) is 6.54 Å². The van der Waals surface area contributed by atoms with E-state index in [1.54, 1.807) is 0 Å². The van der Waals surface area contributed by atoms with Crippen LogP contribution in [0, 0.1) is 6.92 Å². The van der Waals surface area contributed by atoms with Crippen LogP contribution in [0.5, 0.6) is 0 Å². The third-order valence-electron chi connectivity index (χ3n) is 1.56. The number of carboxylic acid groups (broad SMARTS) is 1. The van der Waals surface area contributed by atoms with Crippen LogP contribution in [0.3, 0.4) is 0 Å². The van der Waals surface area contributed by atoms with Gasteiger partial charge in [-0.05, 0) is 23.9 Å². The van der Waals surface area contributed by atoms with E-state index in [1.807, 2.05) is 18.4 Å². The highest BCUT2D eigenvalue weighted by Gasteiger charge is 2.06. The molecule has 76 valence electrons. The van der Waals surface area contributed by atoms with Crippen molar-refractivity contribution in [3.63, 3.8) is 0 Å². The molecule has 1 heterocycles. The minimum Gasteiger partial charge on any atom is -0.480 e. The molecule has 0 aliphatic heterocycles.